The zero-order valence-corrected chi connectivity index (χ0v) is 8.66. The molecular weight excluding hydrogens is 178 g/mol. The average Bonchev–Trinajstić information content (AvgIpc) is 2.22. The van der Waals surface area contributed by atoms with Crippen LogP contribution in [0.25, 0.3) is 0 Å². The van der Waals surface area contributed by atoms with Crippen molar-refractivity contribution in [1.29, 1.82) is 0 Å². The standard InChI is InChI=1S/C10H15N3O/c1-7-4-5-8(6-9(7)14-3)10(12-2)13-11/h4-6H,11H2,1-3H3,(H,12,13). The van der Waals surface area contributed by atoms with E-state index in [1.165, 1.54) is 0 Å². The summed E-state index contributed by atoms with van der Waals surface area (Å²) in [5, 5.41) is 0. The van der Waals surface area contributed by atoms with E-state index < -0.39 is 0 Å². The fourth-order valence-electron chi connectivity index (χ4n) is 1.24. The summed E-state index contributed by atoms with van der Waals surface area (Å²) in [5.41, 5.74) is 4.53. The molecule has 0 aliphatic carbocycles. The number of rotatable bonds is 2. The molecule has 0 fully saturated rings. The van der Waals surface area contributed by atoms with Gasteiger partial charge < -0.3 is 10.2 Å². The van der Waals surface area contributed by atoms with Gasteiger partial charge in [0.05, 0.1) is 7.11 Å². The molecule has 1 aromatic rings. The normalized spacial score (nSPS) is 11.3. The number of aryl methyl sites for hydroxylation is 1. The largest absolute Gasteiger partial charge is 0.496 e. The van der Waals surface area contributed by atoms with Crippen LogP contribution < -0.4 is 16.0 Å². The first-order chi connectivity index (χ1) is 6.72. The van der Waals surface area contributed by atoms with Gasteiger partial charge in [0, 0.05) is 12.6 Å². The number of methoxy groups -OCH3 is 1. The zero-order chi connectivity index (χ0) is 10.6. The van der Waals surface area contributed by atoms with Crippen LogP contribution in [0, 0.1) is 6.92 Å². The molecule has 0 radical (unpaired) electrons. The second-order valence-electron chi connectivity index (χ2n) is 2.90. The molecule has 0 atom stereocenters. The third-order valence-electron chi connectivity index (χ3n) is 2.04. The molecule has 0 saturated heterocycles. The van der Waals surface area contributed by atoms with Crippen molar-refractivity contribution in [1.82, 2.24) is 5.43 Å². The van der Waals surface area contributed by atoms with Crippen LogP contribution in [-0.2, 0) is 0 Å². The van der Waals surface area contributed by atoms with Crippen molar-refractivity contribution in [3.63, 3.8) is 0 Å². The van der Waals surface area contributed by atoms with Crippen molar-refractivity contribution in [2.75, 3.05) is 14.2 Å². The van der Waals surface area contributed by atoms with Crippen molar-refractivity contribution >= 4 is 5.84 Å². The monoisotopic (exact) mass is 193 g/mol. The Kier molecular flexibility index (Phi) is 3.48. The molecule has 4 nitrogen and oxygen atoms in total. The summed E-state index contributed by atoms with van der Waals surface area (Å²) in [6.45, 7) is 1.99. The SMILES string of the molecule is CN=C(NN)c1ccc(C)c(OC)c1. The molecule has 0 aliphatic heterocycles. The summed E-state index contributed by atoms with van der Waals surface area (Å²) in [6.07, 6.45) is 0. The summed E-state index contributed by atoms with van der Waals surface area (Å²) in [5.74, 6) is 6.80. The van der Waals surface area contributed by atoms with E-state index in [-0.39, 0.29) is 0 Å². The first-order valence-corrected chi connectivity index (χ1v) is 4.31. The maximum atomic E-state index is 5.32. The lowest BCUT2D eigenvalue weighted by Crippen LogP contribution is -2.30. The predicted molar refractivity (Wildman–Crippen MR) is 57.5 cm³/mol. The number of aliphatic imine (C=N–C) groups is 1. The van der Waals surface area contributed by atoms with Gasteiger partial charge in [-0.2, -0.15) is 0 Å². The van der Waals surface area contributed by atoms with Gasteiger partial charge in [0.1, 0.15) is 11.6 Å². The van der Waals surface area contributed by atoms with E-state index in [0.29, 0.717) is 5.84 Å². The fourth-order valence-corrected chi connectivity index (χ4v) is 1.24. The molecule has 0 heterocycles. The van der Waals surface area contributed by atoms with Crippen LogP contribution in [-0.4, -0.2) is 20.0 Å². The Hall–Kier alpha value is -1.55. The highest BCUT2D eigenvalue weighted by Crippen LogP contribution is 2.18. The molecule has 0 saturated carbocycles. The Balaban J connectivity index is 3.12. The Bertz CT molecular complexity index is 347. The Labute approximate surface area is 83.8 Å². The molecule has 14 heavy (non-hydrogen) atoms. The van der Waals surface area contributed by atoms with Crippen molar-refractivity contribution in [3.05, 3.63) is 29.3 Å². The van der Waals surface area contributed by atoms with Gasteiger partial charge in [-0.15, -0.1) is 0 Å². The van der Waals surface area contributed by atoms with Gasteiger partial charge in [-0.05, 0) is 18.6 Å². The van der Waals surface area contributed by atoms with E-state index >= 15 is 0 Å². The van der Waals surface area contributed by atoms with Crippen molar-refractivity contribution in [2.24, 2.45) is 10.8 Å². The van der Waals surface area contributed by atoms with E-state index in [4.69, 9.17) is 10.6 Å². The number of hydrogen-bond donors (Lipinski definition) is 2. The van der Waals surface area contributed by atoms with Gasteiger partial charge in [-0.25, -0.2) is 5.84 Å². The van der Waals surface area contributed by atoms with Crippen molar-refractivity contribution < 1.29 is 4.74 Å². The van der Waals surface area contributed by atoms with Crippen LogP contribution in [0.5, 0.6) is 5.75 Å². The molecular formula is C10H15N3O. The third kappa shape index (κ3) is 2.03. The molecule has 0 spiro atoms. The van der Waals surface area contributed by atoms with Gasteiger partial charge >= 0.3 is 0 Å². The highest BCUT2D eigenvalue weighted by Gasteiger charge is 2.04. The third-order valence-corrected chi connectivity index (χ3v) is 2.04. The zero-order valence-electron chi connectivity index (χ0n) is 8.66. The Morgan fingerprint density at radius 1 is 1.50 bits per heavy atom. The van der Waals surface area contributed by atoms with E-state index in [1.54, 1.807) is 14.2 Å². The van der Waals surface area contributed by atoms with Crippen LogP contribution in [0.15, 0.2) is 23.2 Å². The number of hydrogen-bond acceptors (Lipinski definition) is 3. The van der Waals surface area contributed by atoms with E-state index in [0.717, 1.165) is 16.9 Å². The highest BCUT2D eigenvalue weighted by atomic mass is 16.5. The number of hydrazine groups is 1. The lowest BCUT2D eigenvalue weighted by Gasteiger charge is -2.08. The summed E-state index contributed by atoms with van der Waals surface area (Å²) >= 11 is 0. The molecule has 4 heteroatoms. The van der Waals surface area contributed by atoms with Crippen molar-refractivity contribution in [3.8, 4) is 5.75 Å². The fraction of sp³-hybridized carbons (Fsp3) is 0.300. The lowest BCUT2D eigenvalue weighted by molar-refractivity contribution is 0.411. The molecule has 0 bridgehead atoms. The quantitative estimate of drug-likeness (QED) is 0.317. The minimum absolute atomic E-state index is 0.642. The predicted octanol–water partition coefficient (Wildman–Crippen LogP) is 0.843. The van der Waals surface area contributed by atoms with Crippen LogP contribution in [0.4, 0.5) is 0 Å². The summed E-state index contributed by atoms with van der Waals surface area (Å²) in [4.78, 5) is 4.01. The van der Waals surface area contributed by atoms with Crippen LogP contribution in [0.2, 0.25) is 0 Å². The van der Waals surface area contributed by atoms with Crippen LogP contribution >= 0.6 is 0 Å². The summed E-state index contributed by atoms with van der Waals surface area (Å²) < 4.78 is 5.20. The van der Waals surface area contributed by atoms with Crippen molar-refractivity contribution in [2.45, 2.75) is 6.92 Å². The minimum Gasteiger partial charge on any atom is -0.496 e. The topological polar surface area (TPSA) is 59.6 Å². The van der Waals surface area contributed by atoms with E-state index in [9.17, 15) is 0 Å². The molecule has 3 N–H and O–H groups in total. The van der Waals surface area contributed by atoms with Gasteiger partial charge in [-0.3, -0.25) is 4.99 Å². The highest BCUT2D eigenvalue weighted by molar-refractivity contribution is 5.98. The Morgan fingerprint density at radius 2 is 2.21 bits per heavy atom. The van der Waals surface area contributed by atoms with E-state index in [2.05, 4.69) is 10.4 Å². The number of ether oxygens (including phenoxy) is 1. The molecule has 1 aromatic carbocycles. The first kappa shape index (κ1) is 10.5. The van der Waals surface area contributed by atoms with Gasteiger partial charge in [-0.1, -0.05) is 12.1 Å². The van der Waals surface area contributed by atoms with E-state index in [1.807, 2.05) is 25.1 Å². The summed E-state index contributed by atoms with van der Waals surface area (Å²) in [6, 6.07) is 5.81. The second-order valence-corrected chi connectivity index (χ2v) is 2.90. The smallest absolute Gasteiger partial charge is 0.142 e. The molecule has 0 aromatic heterocycles. The number of amidine groups is 1. The molecule has 76 valence electrons. The van der Waals surface area contributed by atoms with Gasteiger partial charge in [0.25, 0.3) is 0 Å². The summed E-state index contributed by atoms with van der Waals surface area (Å²) in [7, 11) is 3.33. The maximum absolute atomic E-state index is 5.32. The minimum atomic E-state index is 0.642. The molecule has 1 rings (SSSR count). The number of nitrogens with two attached hydrogens (primary N) is 1. The molecule has 0 aliphatic rings. The number of nitrogens with one attached hydrogen (secondary N) is 1. The molecule has 0 amide bonds. The number of benzene rings is 1. The maximum Gasteiger partial charge on any atom is 0.142 e. The molecule has 0 unspecified atom stereocenters. The lowest BCUT2D eigenvalue weighted by atomic mass is 10.1. The Morgan fingerprint density at radius 3 is 2.71 bits per heavy atom. The van der Waals surface area contributed by atoms with Gasteiger partial charge in [0.15, 0.2) is 0 Å². The van der Waals surface area contributed by atoms with Gasteiger partial charge in [0.2, 0.25) is 0 Å². The first-order valence-electron chi connectivity index (χ1n) is 4.31. The van der Waals surface area contributed by atoms with Crippen LogP contribution in [0.3, 0.4) is 0 Å². The van der Waals surface area contributed by atoms with Crippen LogP contribution in [0.1, 0.15) is 11.1 Å². The average molecular weight is 193 g/mol. The number of nitrogens with zero attached hydrogens (tertiary/aromatic N) is 1. The second kappa shape index (κ2) is 4.62.